The SMILES string of the molecule is CN(C)S(=O)(=O)c1ccc(NCCc2cnc[nH]2)c(N)c1. The smallest absolute Gasteiger partial charge is 0.242 e. The van der Waals surface area contributed by atoms with Gasteiger partial charge in [-0.1, -0.05) is 0 Å². The van der Waals surface area contributed by atoms with E-state index < -0.39 is 10.0 Å². The summed E-state index contributed by atoms with van der Waals surface area (Å²) in [6, 6.07) is 4.69. The first kappa shape index (κ1) is 15.3. The summed E-state index contributed by atoms with van der Waals surface area (Å²) in [5.74, 6) is 0. The molecule has 1 heterocycles. The van der Waals surface area contributed by atoms with Crippen molar-refractivity contribution in [3.05, 3.63) is 36.4 Å². The van der Waals surface area contributed by atoms with Crippen LogP contribution >= 0.6 is 0 Å². The third-order valence-corrected chi connectivity index (χ3v) is 4.88. The number of nitrogen functional groups attached to an aromatic ring is 1. The number of nitrogens with one attached hydrogen (secondary N) is 2. The van der Waals surface area contributed by atoms with Crippen LogP contribution in [0.15, 0.2) is 35.6 Å². The number of benzene rings is 1. The van der Waals surface area contributed by atoms with Crippen LogP contribution in [0, 0.1) is 0 Å². The van der Waals surface area contributed by atoms with Gasteiger partial charge in [-0.25, -0.2) is 17.7 Å². The second-order valence-electron chi connectivity index (χ2n) is 4.79. The van der Waals surface area contributed by atoms with E-state index in [-0.39, 0.29) is 4.90 Å². The van der Waals surface area contributed by atoms with E-state index in [0.717, 1.165) is 16.4 Å². The number of aromatic amines is 1. The monoisotopic (exact) mass is 309 g/mol. The first-order valence-electron chi connectivity index (χ1n) is 6.44. The zero-order valence-corrected chi connectivity index (χ0v) is 12.8. The summed E-state index contributed by atoms with van der Waals surface area (Å²) in [7, 11) is -0.483. The number of aromatic nitrogens is 2. The molecule has 7 nitrogen and oxygen atoms in total. The highest BCUT2D eigenvalue weighted by Gasteiger charge is 2.17. The van der Waals surface area contributed by atoms with Gasteiger partial charge in [0.25, 0.3) is 0 Å². The molecule has 1 aromatic carbocycles. The minimum Gasteiger partial charge on any atom is -0.397 e. The topological polar surface area (TPSA) is 104 Å². The second-order valence-corrected chi connectivity index (χ2v) is 6.94. The molecule has 0 bridgehead atoms. The van der Waals surface area contributed by atoms with E-state index in [9.17, 15) is 8.42 Å². The van der Waals surface area contributed by atoms with E-state index in [4.69, 9.17) is 5.73 Å². The number of H-pyrrole nitrogens is 1. The molecular formula is C13H19N5O2S. The first-order chi connectivity index (χ1) is 9.91. The molecule has 0 aliphatic carbocycles. The van der Waals surface area contributed by atoms with Crippen LogP contribution in [0.2, 0.25) is 0 Å². The summed E-state index contributed by atoms with van der Waals surface area (Å²) < 4.78 is 25.2. The molecule has 0 aliphatic heterocycles. The Balaban J connectivity index is 2.06. The van der Waals surface area contributed by atoms with Crippen LogP contribution in [0.1, 0.15) is 5.69 Å². The Morgan fingerprint density at radius 1 is 1.38 bits per heavy atom. The van der Waals surface area contributed by atoms with Gasteiger partial charge in [-0.3, -0.25) is 0 Å². The van der Waals surface area contributed by atoms with Crippen molar-refractivity contribution in [2.45, 2.75) is 11.3 Å². The van der Waals surface area contributed by atoms with Crippen molar-refractivity contribution >= 4 is 21.4 Å². The Labute approximate surface area is 124 Å². The summed E-state index contributed by atoms with van der Waals surface area (Å²) in [5, 5.41) is 3.18. The largest absolute Gasteiger partial charge is 0.397 e. The molecule has 0 unspecified atom stereocenters. The van der Waals surface area contributed by atoms with Crippen LogP contribution in [-0.2, 0) is 16.4 Å². The zero-order valence-electron chi connectivity index (χ0n) is 12.0. The summed E-state index contributed by atoms with van der Waals surface area (Å²) in [6.07, 6.45) is 4.17. The minimum atomic E-state index is -3.46. The maximum atomic E-state index is 12.0. The molecule has 0 atom stereocenters. The number of hydrogen-bond donors (Lipinski definition) is 3. The lowest BCUT2D eigenvalue weighted by molar-refractivity contribution is 0.521. The van der Waals surface area contributed by atoms with Gasteiger partial charge in [0.15, 0.2) is 0 Å². The van der Waals surface area contributed by atoms with Crippen LogP contribution < -0.4 is 11.1 Å². The molecule has 0 saturated carbocycles. The molecule has 4 N–H and O–H groups in total. The summed E-state index contributed by atoms with van der Waals surface area (Å²) in [6.45, 7) is 0.673. The molecule has 0 radical (unpaired) electrons. The Kier molecular flexibility index (Phi) is 4.49. The van der Waals surface area contributed by atoms with Crippen LogP contribution in [-0.4, -0.2) is 43.3 Å². The maximum Gasteiger partial charge on any atom is 0.242 e. The number of nitrogens with two attached hydrogens (primary N) is 1. The van der Waals surface area contributed by atoms with Crippen molar-refractivity contribution in [2.75, 3.05) is 31.7 Å². The number of imidazole rings is 1. The van der Waals surface area contributed by atoms with E-state index >= 15 is 0 Å². The van der Waals surface area contributed by atoms with Gasteiger partial charge in [-0.2, -0.15) is 0 Å². The standard InChI is InChI=1S/C13H19N5O2S/c1-18(2)21(19,20)11-3-4-13(12(14)7-11)16-6-5-10-8-15-9-17-10/h3-4,7-9,16H,5-6,14H2,1-2H3,(H,15,17). The molecule has 21 heavy (non-hydrogen) atoms. The number of nitrogens with zero attached hydrogens (tertiary/aromatic N) is 2. The Hall–Kier alpha value is -2.06. The van der Waals surface area contributed by atoms with Crippen LogP contribution in [0.4, 0.5) is 11.4 Å². The van der Waals surface area contributed by atoms with Crippen molar-refractivity contribution in [2.24, 2.45) is 0 Å². The summed E-state index contributed by atoms with van der Waals surface area (Å²) in [5.41, 5.74) is 8.05. The molecule has 0 amide bonds. The van der Waals surface area contributed by atoms with Gasteiger partial charge in [0.05, 0.1) is 22.6 Å². The number of sulfonamides is 1. The molecule has 0 spiro atoms. The highest BCUT2D eigenvalue weighted by molar-refractivity contribution is 7.89. The van der Waals surface area contributed by atoms with Crippen LogP contribution in [0.5, 0.6) is 0 Å². The molecule has 1 aromatic heterocycles. The van der Waals surface area contributed by atoms with Gasteiger partial charge in [-0.05, 0) is 18.2 Å². The molecule has 2 rings (SSSR count). The third-order valence-electron chi connectivity index (χ3n) is 3.07. The summed E-state index contributed by atoms with van der Waals surface area (Å²) in [4.78, 5) is 7.14. The van der Waals surface area contributed by atoms with Gasteiger partial charge in [0.1, 0.15) is 0 Å². The molecule has 2 aromatic rings. The van der Waals surface area contributed by atoms with E-state index in [1.165, 1.54) is 20.2 Å². The van der Waals surface area contributed by atoms with Gasteiger partial charge in [0, 0.05) is 39.0 Å². The fraction of sp³-hybridized carbons (Fsp3) is 0.308. The van der Waals surface area contributed by atoms with Gasteiger partial charge in [-0.15, -0.1) is 0 Å². The fourth-order valence-corrected chi connectivity index (χ4v) is 2.76. The average molecular weight is 309 g/mol. The summed E-state index contributed by atoms with van der Waals surface area (Å²) >= 11 is 0. The van der Waals surface area contributed by atoms with Crippen LogP contribution in [0.3, 0.4) is 0 Å². The maximum absolute atomic E-state index is 12.0. The first-order valence-corrected chi connectivity index (χ1v) is 7.88. The number of hydrogen-bond acceptors (Lipinski definition) is 5. The zero-order chi connectivity index (χ0) is 15.5. The Bertz CT molecular complexity index is 695. The molecule has 0 fully saturated rings. The predicted octanol–water partition coefficient (Wildman–Crippen LogP) is 0.897. The molecule has 0 aliphatic rings. The predicted molar refractivity (Wildman–Crippen MR) is 82.5 cm³/mol. The highest BCUT2D eigenvalue weighted by atomic mass is 32.2. The van der Waals surface area contributed by atoms with E-state index in [1.807, 2.05) is 0 Å². The molecule has 114 valence electrons. The Morgan fingerprint density at radius 3 is 2.71 bits per heavy atom. The van der Waals surface area contributed by atoms with Crippen molar-refractivity contribution in [3.8, 4) is 0 Å². The number of rotatable bonds is 6. The van der Waals surface area contributed by atoms with Crippen molar-refractivity contribution in [1.82, 2.24) is 14.3 Å². The number of anilines is 2. The average Bonchev–Trinajstić information content (AvgIpc) is 2.93. The fourth-order valence-electron chi connectivity index (χ4n) is 1.83. The van der Waals surface area contributed by atoms with Crippen molar-refractivity contribution in [3.63, 3.8) is 0 Å². The van der Waals surface area contributed by atoms with Gasteiger partial charge < -0.3 is 16.0 Å². The lowest BCUT2D eigenvalue weighted by Gasteiger charge is -2.14. The van der Waals surface area contributed by atoms with Crippen molar-refractivity contribution < 1.29 is 8.42 Å². The van der Waals surface area contributed by atoms with E-state index in [2.05, 4.69) is 15.3 Å². The normalized spacial score (nSPS) is 11.8. The molecule has 8 heteroatoms. The lowest BCUT2D eigenvalue weighted by atomic mass is 10.2. The van der Waals surface area contributed by atoms with E-state index in [1.54, 1.807) is 24.7 Å². The van der Waals surface area contributed by atoms with Gasteiger partial charge >= 0.3 is 0 Å². The Morgan fingerprint density at radius 2 is 2.14 bits per heavy atom. The third kappa shape index (κ3) is 3.53. The quantitative estimate of drug-likeness (QED) is 0.688. The lowest BCUT2D eigenvalue weighted by Crippen LogP contribution is -2.22. The van der Waals surface area contributed by atoms with Crippen LogP contribution in [0.25, 0.3) is 0 Å². The highest BCUT2D eigenvalue weighted by Crippen LogP contribution is 2.23. The molecule has 0 saturated heterocycles. The minimum absolute atomic E-state index is 0.184. The second kappa shape index (κ2) is 6.15. The van der Waals surface area contributed by atoms with E-state index in [0.29, 0.717) is 17.9 Å². The molecular weight excluding hydrogens is 290 g/mol. The van der Waals surface area contributed by atoms with Gasteiger partial charge in [0.2, 0.25) is 10.0 Å². The van der Waals surface area contributed by atoms with Crippen molar-refractivity contribution in [1.29, 1.82) is 0 Å².